The summed E-state index contributed by atoms with van der Waals surface area (Å²) in [5.74, 6) is 0.933. The van der Waals surface area contributed by atoms with Gasteiger partial charge in [0.1, 0.15) is 11.8 Å². The molecule has 0 bridgehead atoms. The van der Waals surface area contributed by atoms with Crippen LogP contribution in [0.1, 0.15) is 5.56 Å². The number of methoxy groups -OCH3 is 1. The van der Waals surface area contributed by atoms with E-state index >= 15 is 0 Å². The third-order valence-electron chi connectivity index (χ3n) is 3.78. The fourth-order valence-electron chi connectivity index (χ4n) is 2.57. The second-order valence-corrected chi connectivity index (χ2v) is 5.99. The summed E-state index contributed by atoms with van der Waals surface area (Å²) in [5.41, 5.74) is 9.95. The molecule has 0 aliphatic heterocycles. The van der Waals surface area contributed by atoms with Gasteiger partial charge < -0.3 is 10.5 Å². The number of H-pyrrole nitrogens is 1. The van der Waals surface area contributed by atoms with E-state index in [-0.39, 0.29) is 0 Å². The number of nitrogens with two attached hydrogens (primary N) is 1. The predicted octanol–water partition coefficient (Wildman–Crippen LogP) is 3.93. The van der Waals surface area contributed by atoms with E-state index in [4.69, 9.17) is 10.5 Å². The highest BCUT2D eigenvalue weighted by Crippen LogP contribution is 2.36. The quantitative estimate of drug-likeness (QED) is 0.705. The van der Waals surface area contributed by atoms with Crippen LogP contribution in [0.25, 0.3) is 22.4 Å². The van der Waals surface area contributed by atoms with Crippen molar-refractivity contribution >= 4 is 17.6 Å². The number of ether oxygens (including phenoxy) is 1. The summed E-state index contributed by atoms with van der Waals surface area (Å²) >= 11 is 1.69. The van der Waals surface area contributed by atoms with Crippen LogP contribution < -0.4 is 10.5 Å². The maximum atomic E-state index is 9.30. The standard InChI is InChI=1S/C18H16N4OS/c1-23-15-8-5-12(9-13(15)10-19)16-17(21-22-18(16)20)11-3-6-14(24-2)7-4-11/h3-9H,1-2H3,(H3,20,21,22). The van der Waals surface area contributed by atoms with Crippen molar-refractivity contribution in [3.05, 3.63) is 48.0 Å². The molecule has 0 saturated carbocycles. The fourth-order valence-corrected chi connectivity index (χ4v) is 2.97. The molecule has 1 heterocycles. The van der Waals surface area contributed by atoms with E-state index in [9.17, 15) is 5.26 Å². The zero-order valence-corrected chi connectivity index (χ0v) is 14.1. The highest BCUT2D eigenvalue weighted by atomic mass is 32.2. The summed E-state index contributed by atoms with van der Waals surface area (Å²) in [6, 6.07) is 15.7. The first-order chi connectivity index (χ1) is 11.7. The summed E-state index contributed by atoms with van der Waals surface area (Å²) in [6.07, 6.45) is 2.04. The lowest BCUT2D eigenvalue weighted by atomic mass is 9.99. The molecule has 0 saturated heterocycles. The Bertz CT molecular complexity index is 910. The third-order valence-corrected chi connectivity index (χ3v) is 4.53. The summed E-state index contributed by atoms with van der Waals surface area (Å²) < 4.78 is 5.20. The fraction of sp³-hybridized carbons (Fsp3) is 0.111. The molecule has 0 atom stereocenters. The van der Waals surface area contributed by atoms with E-state index in [1.807, 2.05) is 24.5 Å². The Balaban J connectivity index is 2.12. The maximum Gasteiger partial charge on any atom is 0.153 e. The van der Waals surface area contributed by atoms with E-state index in [0.717, 1.165) is 22.4 Å². The van der Waals surface area contributed by atoms with Crippen molar-refractivity contribution in [2.24, 2.45) is 0 Å². The minimum Gasteiger partial charge on any atom is -0.495 e. The molecule has 1 aromatic heterocycles. The summed E-state index contributed by atoms with van der Waals surface area (Å²) in [7, 11) is 1.54. The molecule has 0 aliphatic rings. The van der Waals surface area contributed by atoms with Gasteiger partial charge in [0, 0.05) is 10.5 Å². The second kappa shape index (κ2) is 6.69. The van der Waals surface area contributed by atoms with Crippen LogP contribution in [0.15, 0.2) is 47.4 Å². The molecule has 3 N–H and O–H groups in total. The first kappa shape index (κ1) is 16.0. The molecule has 2 aromatic carbocycles. The average Bonchev–Trinajstić information content (AvgIpc) is 3.02. The minimum atomic E-state index is 0.396. The van der Waals surface area contributed by atoms with Crippen molar-refractivity contribution in [1.82, 2.24) is 10.2 Å². The van der Waals surface area contributed by atoms with Crippen LogP contribution in [0.4, 0.5) is 5.82 Å². The average molecular weight is 336 g/mol. The number of nitrogens with zero attached hydrogens (tertiary/aromatic N) is 2. The lowest BCUT2D eigenvalue weighted by Crippen LogP contribution is -1.92. The number of aromatic amines is 1. The number of hydrogen-bond donors (Lipinski definition) is 2. The maximum absolute atomic E-state index is 9.30. The number of benzene rings is 2. The van der Waals surface area contributed by atoms with Gasteiger partial charge in [-0.05, 0) is 36.1 Å². The van der Waals surface area contributed by atoms with Gasteiger partial charge >= 0.3 is 0 Å². The van der Waals surface area contributed by atoms with Crippen LogP contribution >= 0.6 is 11.8 Å². The topological polar surface area (TPSA) is 87.7 Å². The summed E-state index contributed by atoms with van der Waals surface area (Å²) in [4.78, 5) is 1.18. The normalized spacial score (nSPS) is 10.4. The lowest BCUT2D eigenvalue weighted by molar-refractivity contribution is 0.413. The van der Waals surface area contributed by atoms with Crippen molar-refractivity contribution in [1.29, 1.82) is 5.26 Å². The molecule has 6 heteroatoms. The number of nitrogen functional groups attached to an aromatic ring is 1. The first-order valence-electron chi connectivity index (χ1n) is 7.24. The smallest absolute Gasteiger partial charge is 0.153 e. The van der Waals surface area contributed by atoms with Crippen LogP contribution in [-0.2, 0) is 0 Å². The highest BCUT2D eigenvalue weighted by molar-refractivity contribution is 7.98. The van der Waals surface area contributed by atoms with Crippen LogP contribution in [-0.4, -0.2) is 23.6 Å². The number of thioether (sulfide) groups is 1. The molecule has 0 spiro atoms. The predicted molar refractivity (Wildman–Crippen MR) is 96.9 cm³/mol. The molecule has 24 heavy (non-hydrogen) atoms. The Labute approximate surface area is 144 Å². The SMILES string of the molecule is COc1ccc(-c2c(N)n[nH]c2-c2ccc(SC)cc2)cc1C#N. The molecular formula is C18H16N4OS. The molecule has 0 amide bonds. The van der Waals surface area contributed by atoms with Gasteiger partial charge in [0.15, 0.2) is 5.82 Å². The Morgan fingerprint density at radius 3 is 2.50 bits per heavy atom. The van der Waals surface area contributed by atoms with Crippen LogP contribution in [0.2, 0.25) is 0 Å². The van der Waals surface area contributed by atoms with Gasteiger partial charge in [0.2, 0.25) is 0 Å². The third kappa shape index (κ3) is 2.82. The van der Waals surface area contributed by atoms with Crippen LogP contribution in [0, 0.1) is 11.3 Å². The first-order valence-corrected chi connectivity index (χ1v) is 8.47. The van der Waals surface area contributed by atoms with Gasteiger partial charge in [-0.1, -0.05) is 18.2 Å². The number of anilines is 1. The molecule has 120 valence electrons. The van der Waals surface area contributed by atoms with E-state index < -0.39 is 0 Å². The monoisotopic (exact) mass is 336 g/mol. The van der Waals surface area contributed by atoms with Crippen molar-refractivity contribution in [3.63, 3.8) is 0 Å². The van der Waals surface area contributed by atoms with E-state index in [0.29, 0.717) is 17.1 Å². The van der Waals surface area contributed by atoms with Gasteiger partial charge in [0.05, 0.1) is 23.9 Å². The Morgan fingerprint density at radius 2 is 1.88 bits per heavy atom. The van der Waals surface area contributed by atoms with Gasteiger partial charge in [-0.25, -0.2) is 0 Å². The van der Waals surface area contributed by atoms with Crippen LogP contribution in [0.3, 0.4) is 0 Å². The van der Waals surface area contributed by atoms with E-state index in [1.54, 1.807) is 31.0 Å². The number of hydrogen-bond acceptors (Lipinski definition) is 5. The van der Waals surface area contributed by atoms with Gasteiger partial charge in [-0.15, -0.1) is 11.8 Å². The molecule has 0 radical (unpaired) electrons. The number of aromatic nitrogens is 2. The molecule has 3 aromatic rings. The summed E-state index contributed by atoms with van der Waals surface area (Å²) in [5, 5.41) is 16.4. The van der Waals surface area contributed by atoms with Gasteiger partial charge in [-0.3, -0.25) is 5.10 Å². The molecule has 5 nitrogen and oxygen atoms in total. The highest BCUT2D eigenvalue weighted by Gasteiger charge is 2.16. The van der Waals surface area contributed by atoms with E-state index in [1.165, 1.54) is 4.90 Å². The largest absolute Gasteiger partial charge is 0.495 e. The minimum absolute atomic E-state index is 0.396. The summed E-state index contributed by atoms with van der Waals surface area (Å²) in [6.45, 7) is 0. The molecular weight excluding hydrogens is 320 g/mol. The van der Waals surface area contributed by atoms with Crippen molar-refractivity contribution in [2.45, 2.75) is 4.90 Å². The van der Waals surface area contributed by atoms with Crippen molar-refractivity contribution in [3.8, 4) is 34.2 Å². The second-order valence-electron chi connectivity index (χ2n) is 5.11. The Kier molecular flexibility index (Phi) is 4.45. The van der Waals surface area contributed by atoms with Crippen LogP contribution in [0.5, 0.6) is 5.75 Å². The van der Waals surface area contributed by atoms with Gasteiger partial charge in [0.25, 0.3) is 0 Å². The number of nitriles is 1. The number of rotatable bonds is 4. The molecule has 0 fully saturated rings. The zero-order valence-electron chi connectivity index (χ0n) is 13.3. The van der Waals surface area contributed by atoms with Crippen molar-refractivity contribution < 1.29 is 4.74 Å². The Morgan fingerprint density at radius 1 is 1.17 bits per heavy atom. The lowest BCUT2D eigenvalue weighted by Gasteiger charge is -2.08. The van der Waals surface area contributed by atoms with E-state index in [2.05, 4.69) is 28.4 Å². The molecule has 3 rings (SSSR count). The van der Waals surface area contributed by atoms with Gasteiger partial charge in [-0.2, -0.15) is 10.4 Å². The number of nitrogens with one attached hydrogen (secondary N) is 1. The van der Waals surface area contributed by atoms with Crippen molar-refractivity contribution in [2.75, 3.05) is 19.1 Å². The molecule has 0 aliphatic carbocycles. The molecule has 0 unspecified atom stereocenters. The Hall–Kier alpha value is -2.91. The zero-order chi connectivity index (χ0) is 17.1.